The molecular weight excluding hydrogens is 384 g/mol. The van der Waals surface area contributed by atoms with Crippen LogP contribution in [0.4, 0.5) is 5.13 Å². The van der Waals surface area contributed by atoms with Crippen LogP contribution in [0.2, 0.25) is 5.02 Å². The number of aromatic nitrogens is 1. The Labute approximate surface area is 166 Å². The lowest BCUT2D eigenvalue weighted by Gasteiger charge is -2.10. The van der Waals surface area contributed by atoms with Crippen LogP contribution in [-0.2, 0) is 11.2 Å². The summed E-state index contributed by atoms with van der Waals surface area (Å²) >= 11 is 8.82. The quantitative estimate of drug-likeness (QED) is 0.503. The third-order valence-corrected chi connectivity index (χ3v) is 6.01. The summed E-state index contributed by atoms with van der Waals surface area (Å²) in [6.45, 7) is 4.02. The summed E-state index contributed by atoms with van der Waals surface area (Å²) in [7, 11) is 0. The smallest absolute Gasteiger partial charge is 0.239 e. The molecule has 3 aromatic rings. The SMILES string of the molecule is CCc1ccc(-c2csc(NC(=O)[C@H](C)Sc3ccc(Cl)cc3)n2)cc1. The fourth-order valence-corrected chi connectivity index (χ4v) is 4.07. The summed E-state index contributed by atoms with van der Waals surface area (Å²) in [4.78, 5) is 18.0. The van der Waals surface area contributed by atoms with Gasteiger partial charge in [0.15, 0.2) is 5.13 Å². The van der Waals surface area contributed by atoms with Crippen LogP contribution < -0.4 is 5.32 Å². The Morgan fingerprint density at radius 3 is 2.54 bits per heavy atom. The molecule has 1 N–H and O–H groups in total. The summed E-state index contributed by atoms with van der Waals surface area (Å²) < 4.78 is 0. The number of hydrogen-bond acceptors (Lipinski definition) is 4. The van der Waals surface area contributed by atoms with Crippen LogP contribution in [0.25, 0.3) is 11.3 Å². The highest BCUT2D eigenvalue weighted by molar-refractivity contribution is 8.00. The molecule has 0 spiro atoms. The Morgan fingerprint density at radius 1 is 1.19 bits per heavy atom. The van der Waals surface area contributed by atoms with Crippen molar-refractivity contribution in [1.29, 1.82) is 0 Å². The van der Waals surface area contributed by atoms with E-state index in [4.69, 9.17) is 11.6 Å². The molecule has 0 aliphatic carbocycles. The van der Waals surface area contributed by atoms with Gasteiger partial charge >= 0.3 is 0 Å². The Balaban J connectivity index is 1.62. The molecule has 6 heteroatoms. The van der Waals surface area contributed by atoms with Gasteiger partial charge in [-0.15, -0.1) is 23.1 Å². The number of thiazole rings is 1. The van der Waals surface area contributed by atoms with E-state index in [1.807, 2.05) is 36.6 Å². The number of hydrogen-bond donors (Lipinski definition) is 1. The van der Waals surface area contributed by atoms with Crippen molar-refractivity contribution in [3.05, 3.63) is 64.5 Å². The zero-order valence-electron chi connectivity index (χ0n) is 14.5. The molecule has 3 rings (SSSR count). The number of halogens is 1. The second kappa shape index (κ2) is 8.71. The lowest BCUT2D eigenvalue weighted by Crippen LogP contribution is -2.22. The molecular formula is C20H19ClN2OS2. The number of aryl methyl sites for hydroxylation is 1. The van der Waals surface area contributed by atoms with Crippen LogP contribution in [0.5, 0.6) is 0 Å². The van der Waals surface area contributed by atoms with Crippen molar-refractivity contribution >= 4 is 45.7 Å². The van der Waals surface area contributed by atoms with Gasteiger partial charge in [-0.2, -0.15) is 0 Å². The molecule has 1 atom stereocenters. The van der Waals surface area contributed by atoms with E-state index in [2.05, 4.69) is 41.5 Å². The van der Waals surface area contributed by atoms with Gasteiger partial charge in [0.1, 0.15) is 0 Å². The highest BCUT2D eigenvalue weighted by atomic mass is 35.5. The molecule has 0 unspecified atom stereocenters. The Hall–Kier alpha value is -1.82. The lowest BCUT2D eigenvalue weighted by atomic mass is 10.1. The van der Waals surface area contributed by atoms with E-state index in [0.717, 1.165) is 22.6 Å². The summed E-state index contributed by atoms with van der Waals surface area (Å²) in [5.74, 6) is -0.0628. The average Bonchev–Trinajstić information content (AvgIpc) is 3.12. The molecule has 0 aliphatic rings. The summed E-state index contributed by atoms with van der Waals surface area (Å²) in [6.07, 6.45) is 1.02. The third-order valence-electron chi connectivity index (χ3n) is 3.89. The van der Waals surface area contributed by atoms with Gasteiger partial charge in [0.25, 0.3) is 0 Å². The Bertz CT molecular complexity index is 876. The maximum absolute atomic E-state index is 12.4. The standard InChI is InChI=1S/C20H19ClN2OS2/c1-3-14-4-6-15(7-5-14)18-12-25-20(22-18)23-19(24)13(2)26-17-10-8-16(21)9-11-17/h4-13H,3H2,1-2H3,(H,22,23,24)/t13-/m0/s1. The maximum Gasteiger partial charge on any atom is 0.239 e. The minimum absolute atomic E-state index is 0.0628. The first-order valence-electron chi connectivity index (χ1n) is 8.33. The predicted octanol–water partition coefficient (Wildman–Crippen LogP) is 6.15. The normalized spacial score (nSPS) is 12.0. The van der Waals surface area contributed by atoms with Gasteiger partial charge in [-0.25, -0.2) is 4.98 Å². The fraction of sp³-hybridized carbons (Fsp3) is 0.200. The van der Waals surface area contributed by atoms with Crippen molar-refractivity contribution in [2.75, 3.05) is 5.32 Å². The first kappa shape index (κ1) is 19.0. The van der Waals surface area contributed by atoms with Crippen molar-refractivity contribution in [2.24, 2.45) is 0 Å². The number of nitrogens with one attached hydrogen (secondary N) is 1. The molecule has 1 amide bonds. The number of amides is 1. The first-order chi connectivity index (χ1) is 12.5. The first-order valence-corrected chi connectivity index (χ1v) is 10.5. The Kier molecular flexibility index (Phi) is 6.35. The van der Waals surface area contributed by atoms with Gasteiger partial charge < -0.3 is 5.32 Å². The number of anilines is 1. The maximum atomic E-state index is 12.4. The molecule has 1 heterocycles. The molecule has 0 bridgehead atoms. The van der Waals surface area contributed by atoms with E-state index in [1.165, 1.54) is 28.7 Å². The number of rotatable bonds is 6. The molecule has 2 aromatic carbocycles. The number of thioether (sulfide) groups is 1. The zero-order chi connectivity index (χ0) is 18.5. The van der Waals surface area contributed by atoms with E-state index >= 15 is 0 Å². The Morgan fingerprint density at radius 2 is 1.88 bits per heavy atom. The molecule has 0 saturated heterocycles. The number of carbonyl (C=O) groups excluding carboxylic acids is 1. The zero-order valence-corrected chi connectivity index (χ0v) is 16.9. The van der Waals surface area contributed by atoms with Gasteiger partial charge in [0.05, 0.1) is 10.9 Å². The summed E-state index contributed by atoms with van der Waals surface area (Å²) in [5.41, 5.74) is 3.24. The van der Waals surface area contributed by atoms with Gasteiger partial charge in [-0.3, -0.25) is 4.79 Å². The van der Waals surface area contributed by atoms with E-state index in [9.17, 15) is 4.79 Å². The second-order valence-electron chi connectivity index (χ2n) is 5.79. The van der Waals surface area contributed by atoms with Crippen LogP contribution in [-0.4, -0.2) is 16.1 Å². The van der Waals surface area contributed by atoms with Crippen molar-refractivity contribution in [3.8, 4) is 11.3 Å². The molecule has 0 fully saturated rings. The largest absolute Gasteiger partial charge is 0.301 e. The number of carbonyl (C=O) groups is 1. The second-order valence-corrected chi connectivity index (χ2v) is 8.50. The monoisotopic (exact) mass is 402 g/mol. The summed E-state index contributed by atoms with van der Waals surface area (Å²) in [5, 5.41) is 5.95. The van der Waals surface area contributed by atoms with E-state index in [-0.39, 0.29) is 11.2 Å². The minimum Gasteiger partial charge on any atom is -0.301 e. The van der Waals surface area contributed by atoms with Gasteiger partial charge in [-0.05, 0) is 43.2 Å². The van der Waals surface area contributed by atoms with Crippen molar-refractivity contribution < 1.29 is 4.79 Å². The van der Waals surface area contributed by atoms with Crippen LogP contribution in [0.3, 0.4) is 0 Å². The highest BCUT2D eigenvalue weighted by Crippen LogP contribution is 2.28. The topological polar surface area (TPSA) is 42.0 Å². The molecule has 0 aliphatic heterocycles. The minimum atomic E-state index is -0.229. The van der Waals surface area contributed by atoms with Crippen LogP contribution in [0.15, 0.2) is 58.8 Å². The average molecular weight is 403 g/mol. The predicted molar refractivity (Wildman–Crippen MR) is 112 cm³/mol. The van der Waals surface area contributed by atoms with E-state index in [0.29, 0.717) is 10.2 Å². The van der Waals surface area contributed by atoms with Crippen LogP contribution >= 0.6 is 34.7 Å². The van der Waals surface area contributed by atoms with Gasteiger partial charge in [0.2, 0.25) is 5.91 Å². The molecule has 134 valence electrons. The van der Waals surface area contributed by atoms with Crippen molar-refractivity contribution in [3.63, 3.8) is 0 Å². The van der Waals surface area contributed by atoms with E-state index in [1.54, 1.807) is 0 Å². The number of benzene rings is 2. The molecule has 0 saturated carbocycles. The lowest BCUT2D eigenvalue weighted by molar-refractivity contribution is -0.115. The van der Waals surface area contributed by atoms with Gasteiger partial charge in [0, 0.05) is 20.9 Å². The molecule has 3 nitrogen and oxygen atoms in total. The molecule has 1 aromatic heterocycles. The van der Waals surface area contributed by atoms with E-state index < -0.39 is 0 Å². The fourth-order valence-electron chi connectivity index (χ4n) is 2.35. The van der Waals surface area contributed by atoms with Crippen molar-refractivity contribution in [1.82, 2.24) is 4.98 Å². The molecule has 0 radical (unpaired) electrons. The number of nitrogens with zero attached hydrogens (tertiary/aromatic N) is 1. The third kappa shape index (κ3) is 4.87. The van der Waals surface area contributed by atoms with Crippen LogP contribution in [0.1, 0.15) is 19.4 Å². The molecule has 26 heavy (non-hydrogen) atoms. The summed E-state index contributed by atoms with van der Waals surface area (Å²) in [6, 6.07) is 15.8. The van der Waals surface area contributed by atoms with Crippen LogP contribution in [0, 0.1) is 0 Å². The highest BCUT2D eigenvalue weighted by Gasteiger charge is 2.16. The van der Waals surface area contributed by atoms with Crippen molar-refractivity contribution in [2.45, 2.75) is 30.4 Å². The van der Waals surface area contributed by atoms with Gasteiger partial charge in [-0.1, -0.05) is 42.8 Å².